The lowest BCUT2D eigenvalue weighted by Crippen LogP contribution is -2.23. The monoisotopic (exact) mass is 236 g/mol. The highest BCUT2D eigenvalue weighted by atomic mass is 16.5. The molecule has 1 atom stereocenters. The molecule has 0 spiro atoms. The summed E-state index contributed by atoms with van der Waals surface area (Å²) in [5.41, 5.74) is 1.16. The summed E-state index contributed by atoms with van der Waals surface area (Å²) in [7, 11) is 0. The van der Waals surface area contributed by atoms with E-state index >= 15 is 0 Å². The summed E-state index contributed by atoms with van der Waals surface area (Å²) in [6.07, 6.45) is 0.640. The number of carbonyl (C=O) groups is 1. The first-order chi connectivity index (χ1) is 7.99. The van der Waals surface area contributed by atoms with Crippen LogP contribution in [0.1, 0.15) is 25.8 Å². The zero-order chi connectivity index (χ0) is 12.8. The number of hydrogen-bond acceptors (Lipinski definition) is 2. The minimum Gasteiger partial charge on any atom is -0.493 e. The quantitative estimate of drug-likeness (QED) is 0.825. The predicted molar refractivity (Wildman–Crippen MR) is 67.3 cm³/mol. The Morgan fingerprint density at radius 3 is 2.35 bits per heavy atom. The van der Waals surface area contributed by atoms with Gasteiger partial charge >= 0.3 is 5.97 Å². The average molecular weight is 236 g/mol. The van der Waals surface area contributed by atoms with Gasteiger partial charge in [-0.05, 0) is 31.4 Å². The molecule has 1 rings (SSSR count). The molecular weight excluding hydrogens is 216 g/mol. The Balaban J connectivity index is 2.51. The van der Waals surface area contributed by atoms with Gasteiger partial charge in [-0.1, -0.05) is 31.5 Å². The zero-order valence-electron chi connectivity index (χ0n) is 10.6. The third-order valence-corrected chi connectivity index (χ3v) is 2.58. The number of benzene rings is 1. The third kappa shape index (κ3) is 4.89. The molecule has 0 fully saturated rings. The molecule has 1 unspecified atom stereocenters. The van der Waals surface area contributed by atoms with Gasteiger partial charge in [-0.2, -0.15) is 0 Å². The molecule has 1 N–H and O–H groups in total. The largest absolute Gasteiger partial charge is 0.493 e. The van der Waals surface area contributed by atoms with Gasteiger partial charge in [0.15, 0.2) is 0 Å². The van der Waals surface area contributed by atoms with Crippen LogP contribution in [0.25, 0.3) is 0 Å². The van der Waals surface area contributed by atoms with Crippen LogP contribution in [0.3, 0.4) is 0 Å². The maximum Gasteiger partial charge on any atom is 0.309 e. The van der Waals surface area contributed by atoms with E-state index in [1.807, 2.05) is 45.0 Å². The second-order valence-electron chi connectivity index (χ2n) is 4.79. The van der Waals surface area contributed by atoms with Crippen molar-refractivity contribution in [3.8, 4) is 5.75 Å². The molecule has 0 aliphatic rings. The summed E-state index contributed by atoms with van der Waals surface area (Å²) < 4.78 is 5.50. The lowest BCUT2D eigenvalue weighted by molar-refractivity contribution is -0.143. The molecule has 1 aromatic carbocycles. The zero-order valence-corrected chi connectivity index (χ0v) is 10.6. The average Bonchev–Trinajstić information content (AvgIpc) is 2.25. The second kappa shape index (κ2) is 6.28. The number of carboxylic acids is 1. The van der Waals surface area contributed by atoms with Crippen molar-refractivity contribution in [1.82, 2.24) is 0 Å². The van der Waals surface area contributed by atoms with Crippen LogP contribution in [-0.4, -0.2) is 17.7 Å². The predicted octanol–water partition coefficient (Wildman–Crippen LogP) is 3.12. The smallest absolute Gasteiger partial charge is 0.309 e. The minimum absolute atomic E-state index is 0.233. The van der Waals surface area contributed by atoms with Gasteiger partial charge in [-0.3, -0.25) is 4.79 Å². The van der Waals surface area contributed by atoms with E-state index in [1.165, 1.54) is 0 Å². The Morgan fingerprint density at radius 2 is 1.88 bits per heavy atom. The SMILES string of the molecule is Cc1ccc(OCC(CC(C)C)C(=O)O)cc1. The molecule has 0 saturated carbocycles. The number of rotatable bonds is 6. The van der Waals surface area contributed by atoms with Crippen LogP contribution < -0.4 is 4.74 Å². The second-order valence-corrected chi connectivity index (χ2v) is 4.79. The fourth-order valence-corrected chi connectivity index (χ4v) is 1.64. The number of hydrogen-bond donors (Lipinski definition) is 1. The number of aryl methyl sites for hydroxylation is 1. The standard InChI is InChI=1S/C14H20O3/c1-10(2)8-12(14(15)16)9-17-13-6-4-11(3)5-7-13/h4-7,10,12H,8-9H2,1-3H3,(H,15,16). The summed E-state index contributed by atoms with van der Waals surface area (Å²) in [5, 5.41) is 9.06. The minimum atomic E-state index is -0.786. The van der Waals surface area contributed by atoms with Crippen molar-refractivity contribution >= 4 is 5.97 Å². The van der Waals surface area contributed by atoms with Gasteiger partial charge in [0.1, 0.15) is 12.4 Å². The van der Waals surface area contributed by atoms with Crippen LogP contribution in [-0.2, 0) is 4.79 Å². The Kier molecular flexibility index (Phi) is 5.01. The molecule has 0 aliphatic heterocycles. The van der Waals surface area contributed by atoms with Gasteiger partial charge in [0.2, 0.25) is 0 Å². The first-order valence-corrected chi connectivity index (χ1v) is 5.91. The lowest BCUT2D eigenvalue weighted by Gasteiger charge is -2.15. The van der Waals surface area contributed by atoms with Crippen LogP contribution in [0.2, 0.25) is 0 Å². The molecule has 3 nitrogen and oxygen atoms in total. The molecule has 1 aromatic rings. The van der Waals surface area contributed by atoms with Crippen LogP contribution in [0.4, 0.5) is 0 Å². The molecule has 0 radical (unpaired) electrons. The van der Waals surface area contributed by atoms with E-state index in [0.29, 0.717) is 12.3 Å². The Morgan fingerprint density at radius 1 is 1.29 bits per heavy atom. The molecule has 0 aromatic heterocycles. The molecule has 0 saturated heterocycles. The Hall–Kier alpha value is -1.51. The van der Waals surface area contributed by atoms with Crippen molar-refractivity contribution in [2.75, 3.05) is 6.61 Å². The van der Waals surface area contributed by atoms with E-state index in [0.717, 1.165) is 11.3 Å². The third-order valence-electron chi connectivity index (χ3n) is 2.58. The van der Waals surface area contributed by atoms with Crippen molar-refractivity contribution in [2.24, 2.45) is 11.8 Å². The molecule has 0 bridgehead atoms. The van der Waals surface area contributed by atoms with E-state index in [1.54, 1.807) is 0 Å². The topological polar surface area (TPSA) is 46.5 Å². The van der Waals surface area contributed by atoms with Gasteiger partial charge in [0.25, 0.3) is 0 Å². The molecule has 0 heterocycles. The highest BCUT2D eigenvalue weighted by Gasteiger charge is 2.19. The van der Waals surface area contributed by atoms with Crippen LogP contribution >= 0.6 is 0 Å². The summed E-state index contributed by atoms with van der Waals surface area (Å²) in [4.78, 5) is 11.0. The van der Waals surface area contributed by atoms with Gasteiger partial charge in [0, 0.05) is 0 Å². The fourth-order valence-electron chi connectivity index (χ4n) is 1.64. The van der Waals surface area contributed by atoms with E-state index < -0.39 is 11.9 Å². The van der Waals surface area contributed by atoms with Crippen LogP contribution in [0.5, 0.6) is 5.75 Å². The van der Waals surface area contributed by atoms with Gasteiger partial charge < -0.3 is 9.84 Å². The van der Waals surface area contributed by atoms with Gasteiger partial charge in [0.05, 0.1) is 5.92 Å². The molecular formula is C14H20O3. The summed E-state index contributed by atoms with van der Waals surface area (Å²) >= 11 is 0. The van der Waals surface area contributed by atoms with Crippen molar-refractivity contribution in [2.45, 2.75) is 27.2 Å². The maximum absolute atomic E-state index is 11.0. The number of ether oxygens (including phenoxy) is 1. The van der Waals surface area contributed by atoms with Crippen molar-refractivity contribution in [1.29, 1.82) is 0 Å². The van der Waals surface area contributed by atoms with E-state index in [4.69, 9.17) is 9.84 Å². The molecule has 17 heavy (non-hydrogen) atoms. The molecule has 3 heteroatoms. The van der Waals surface area contributed by atoms with Gasteiger partial charge in [-0.25, -0.2) is 0 Å². The summed E-state index contributed by atoms with van der Waals surface area (Å²) in [6.45, 7) is 6.27. The summed E-state index contributed by atoms with van der Waals surface area (Å²) in [5.74, 6) is -0.134. The van der Waals surface area contributed by atoms with Gasteiger partial charge in [-0.15, -0.1) is 0 Å². The van der Waals surface area contributed by atoms with Crippen LogP contribution in [0.15, 0.2) is 24.3 Å². The highest BCUT2D eigenvalue weighted by molar-refractivity contribution is 5.70. The van der Waals surface area contributed by atoms with Crippen molar-refractivity contribution in [3.63, 3.8) is 0 Å². The van der Waals surface area contributed by atoms with Crippen LogP contribution in [0, 0.1) is 18.8 Å². The normalized spacial score (nSPS) is 12.5. The van der Waals surface area contributed by atoms with E-state index in [-0.39, 0.29) is 6.61 Å². The van der Waals surface area contributed by atoms with Crippen molar-refractivity contribution < 1.29 is 14.6 Å². The van der Waals surface area contributed by atoms with E-state index in [2.05, 4.69) is 0 Å². The van der Waals surface area contributed by atoms with Crippen molar-refractivity contribution in [3.05, 3.63) is 29.8 Å². The molecule has 0 amide bonds. The first-order valence-electron chi connectivity index (χ1n) is 5.91. The van der Waals surface area contributed by atoms with E-state index in [9.17, 15) is 4.79 Å². The molecule has 94 valence electrons. The Bertz CT molecular complexity index is 354. The summed E-state index contributed by atoms with van der Waals surface area (Å²) in [6, 6.07) is 7.63. The Labute approximate surface area is 102 Å². The maximum atomic E-state index is 11.0. The first kappa shape index (κ1) is 13.6. The number of aliphatic carboxylic acids is 1. The lowest BCUT2D eigenvalue weighted by atomic mass is 9.98. The molecule has 0 aliphatic carbocycles. The fraction of sp³-hybridized carbons (Fsp3) is 0.500. The highest BCUT2D eigenvalue weighted by Crippen LogP contribution is 2.16. The number of carboxylic acid groups (broad SMARTS) is 1.